The Balaban J connectivity index is 1.62. The van der Waals surface area contributed by atoms with Crippen LogP contribution in [0, 0.1) is 0 Å². The smallest absolute Gasteiger partial charge is 0.261 e. The number of thiophene rings is 1. The van der Waals surface area contributed by atoms with Gasteiger partial charge in [-0.15, -0.1) is 11.3 Å². The van der Waals surface area contributed by atoms with Gasteiger partial charge in [0.05, 0.1) is 22.6 Å². The Morgan fingerprint density at radius 1 is 1.14 bits per heavy atom. The molecule has 0 saturated carbocycles. The summed E-state index contributed by atoms with van der Waals surface area (Å²) in [5.74, 6) is -0.331. The van der Waals surface area contributed by atoms with Crippen molar-refractivity contribution in [2.24, 2.45) is 0 Å². The molecule has 0 unspecified atom stereocenters. The normalized spacial score (nSPS) is 12.3. The van der Waals surface area contributed by atoms with Gasteiger partial charge in [-0.25, -0.2) is 13.1 Å². The zero-order valence-corrected chi connectivity index (χ0v) is 17.0. The average molecular weight is 434 g/mol. The fourth-order valence-electron chi connectivity index (χ4n) is 2.40. The van der Waals surface area contributed by atoms with E-state index in [1.54, 1.807) is 42.6 Å². The number of carbonyl (C=O) groups excluding carboxylic acids is 2. The molecule has 1 aromatic carbocycles. The van der Waals surface area contributed by atoms with Crippen LogP contribution < -0.4 is 15.4 Å². The highest BCUT2D eigenvalue weighted by Gasteiger charge is 2.19. The number of nitrogens with one attached hydrogen (secondary N) is 3. The van der Waals surface area contributed by atoms with E-state index in [0.29, 0.717) is 16.3 Å². The third kappa shape index (κ3) is 5.53. The van der Waals surface area contributed by atoms with E-state index in [4.69, 9.17) is 4.42 Å². The fraction of sp³-hybridized carbons (Fsp3) is 0.158. The fourth-order valence-corrected chi connectivity index (χ4v) is 4.06. The number of amides is 2. The maximum absolute atomic E-state index is 12.5. The zero-order chi connectivity index (χ0) is 20.9. The highest BCUT2D eigenvalue weighted by Crippen LogP contribution is 2.16. The number of furan rings is 1. The molecular weight excluding hydrogens is 414 g/mol. The van der Waals surface area contributed by atoms with Crippen molar-refractivity contribution in [2.45, 2.75) is 24.4 Å². The van der Waals surface area contributed by atoms with E-state index < -0.39 is 22.0 Å². The minimum absolute atomic E-state index is 0.00266. The van der Waals surface area contributed by atoms with Gasteiger partial charge in [0.15, 0.2) is 0 Å². The van der Waals surface area contributed by atoms with Crippen molar-refractivity contribution in [3.8, 4) is 0 Å². The summed E-state index contributed by atoms with van der Waals surface area (Å²) < 4.78 is 32.5. The van der Waals surface area contributed by atoms with Gasteiger partial charge in [-0.1, -0.05) is 12.1 Å². The molecule has 3 aromatic rings. The monoisotopic (exact) mass is 433 g/mol. The lowest BCUT2D eigenvalue weighted by Gasteiger charge is -2.14. The van der Waals surface area contributed by atoms with Gasteiger partial charge in [0.2, 0.25) is 15.9 Å². The summed E-state index contributed by atoms with van der Waals surface area (Å²) in [5.41, 5.74) is 0.299. The van der Waals surface area contributed by atoms with E-state index in [-0.39, 0.29) is 17.3 Å². The molecule has 3 rings (SSSR count). The minimum atomic E-state index is -3.79. The summed E-state index contributed by atoms with van der Waals surface area (Å²) in [6.07, 6.45) is 1.46. The van der Waals surface area contributed by atoms with E-state index in [1.807, 2.05) is 0 Å². The summed E-state index contributed by atoms with van der Waals surface area (Å²) in [6.45, 7) is 1.56. The topological polar surface area (TPSA) is 118 Å². The van der Waals surface area contributed by atoms with E-state index >= 15 is 0 Å². The molecule has 0 aliphatic rings. The lowest BCUT2D eigenvalue weighted by Crippen LogP contribution is -2.41. The standard InChI is InChI=1S/C19H19N3O5S2/c1-13(21-19(24)17-8-4-10-28-17)18(23)22-14-5-2-7-16(11-14)29(25,26)20-12-15-6-3-9-27-15/h2-11,13,20H,12H2,1H3,(H,21,24)(H,22,23)/t13-/m1/s1. The van der Waals surface area contributed by atoms with Crippen LogP contribution in [0.1, 0.15) is 22.4 Å². The maximum atomic E-state index is 12.5. The third-order valence-electron chi connectivity index (χ3n) is 3.91. The Labute approximate surface area is 172 Å². The lowest BCUT2D eigenvalue weighted by molar-refractivity contribution is -0.117. The van der Waals surface area contributed by atoms with E-state index in [1.165, 1.54) is 35.8 Å². The van der Waals surface area contributed by atoms with Crippen molar-refractivity contribution in [2.75, 3.05) is 5.32 Å². The summed E-state index contributed by atoms with van der Waals surface area (Å²) in [4.78, 5) is 24.9. The van der Waals surface area contributed by atoms with Gasteiger partial charge < -0.3 is 15.1 Å². The average Bonchev–Trinajstić information content (AvgIpc) is 3.40. The zero-order valence-electron chi connectivity index (χ0n) is 15.4. The molecule has 2 amide bonds. The molecule has 0 aliphatic heterocycles. The number of hydrogen-bond donors (Lipinski definition) is 3. The van der Waals surface area contributed by atoms with Crippen molar-refractivity contribution in [1.82, 2.24) is 10.0 Å². The molecule has 0 radical (unpaired) electrons. The number of sulfonamides is 1. The second-order valence-corrected chi connectivity index (χ2v) is 8.81. The van der Waals surface area contributed by atoms with Crippen LogP contribution in [0.15, 0.2) is 69.5 Å². The SMILES string of the molecule is C[C@@H](NC(=O)c1cccs1)C(=O)Nc1cccc(S(=O)(=O)NCc2ccco2)c1. The van der Waals surface area contributed by atoms with Gasteiger partial charge in [0.1, 0.15) is 11.8 Å². The number of benzene rings is 1. The first-order valence-electron chi connectivity index (χ1n) is 8.62. The molecule has 2 aromatic heterocycles. The van der Waals surface area contributed by atoms with Crippen LogP contribution in [0.4, 0.5) is 5.69 Å². The first kappa shape index (κ1) is 20.8. The molecular formula is C19H19N3O5S2. The largest absolute Gasteiger partial charge is 0.468 e. The van der Waals surface area contributed by atoms with Crippen molar-refractivity contribution < 1.29 is 22.4 Å². The molecule has 0 bridgehead atoms. The molecule has 3 N–H and O–H groups in total. The predicted molar refractivity (Wildman–Crippen MR) is 109 cm³/mol. The molecule has 0 spiro atoms. The summed E-state index contributed by atoms with van der Waals surface area (Å²) in [5, 5.41) is 6.98. The van der Waals surface area contributed by atoms with Gasteiger partial charge in [0, 0.05) is 5.69 Å². The number of hydrogen-bond acceptors (Lipinski definition) is 6. The molecule has 0 aliphatic carbocycles. The van der Waals surface area contributed by atoms with Crippen LogP contribution in [-0.2, 0) is 21.4 Å². The number of rotatable bonds is 8. The van der Waals surface area contributed by atoms with Crippen molar-refractivity contribution >= 4 is 38.9 Å². The van der Waals surface area contributed by atoms with Crippen LogP contribution in [0.25, 0.3) is 0 Å². The second kappa shape index (κ2) is 9.03. The second-order valence-electron chi connectivity index (χ2n) is 6.09. The molecule has 1 atom stereocenters. The van der Waals surface area contributed by atoms with Gasteiger partial charge in [0.25, 0.3) is 5.91 Å². The van der Waals surface area contributed by atoms with E-state index in [0.717, 1.165) is 0 Å². The molecule has 29 heavy (non-hydrogen) atoms. The van der Waals surface area contributed by atoms with Crippen LogP contribution in [0.5, 0.6) is 0 Å². The van der Waals surface area contributed by atoms with Gasteiger partial charge >= 0.3 is 0 Å². The molecule has 8 nitrogen and oxygen atoms in total. The summed E-state index contributed by atoms with van der Waals surface area (Å²) in [7, 11) is -3.79. The molecule has 0 fully saturated rings. The highest BCUT2D eigenvalue weighted by molar-refractivity contribution is 7.89. The number of carbonyl (C=O) groups is 2. The van der Waals surface area contributed by atoms with Crippen LogP contribution in [0.3, 0.4) is 0 Å². The van der Waals surface area contributed by atoms with Gasteiger partial charge in [-0.3, -0.25) is 9.59 Å². The minimum Gasteiger partial charge on any atom is -0.468 e. The van der Waals surface area contributed by atoms with Crippen LogP contribution in [0.2, 0.25) is 0 Å². The molecule has 2 heterocycles. The van der Waals surface area contributed by atoms with Gasteiger partial charge in [-0.2, -0.15) is 0 Å². The Morgan fingerprint density at radius 2 is 1.97 bits per heavy atom. The molecule has 0 saturated heterocycles. The van der Waals surface area contributed by atoms with Crippen molar-refractivity contribution in [3.63, 3.8) is 0 Å². The predicted octanol–water partition coefficient (Wildman–Crippen LogP) is 2.58. The first-order chi connectivity index (χ1) is 13.8. The van der Waals surface area contributed by atoms with Crippen LogP contribution in [-0.4, -0.2) is 26.3 Å². The summed E-state index contributed by atoms with van der Waals surface area (Å²) in [6, 6.07) is 11.8. The lowest BCUT2D eigenvalue weighted by atomic mass is 10.2. The molecule has 152 valence electrons. The Bertz CT molecular complexity index is 1080. The Kier molecular flexibility index (Phi) is 6.47. The van der Waals surface area contributed by atoms with Crippen molar-refractivity contribution in [1.29, 1.82) is 0 Å². The summed E-state index contributed by atoms with van der Waals surface area (Å²) >= 11 is 1.27. The molecule has 10 heteroatoms. The quantitative estimate of drug-likeness (QED) is 0.505. The van der Waals surface area contributed by atoms with E-state index in [2.05, 4.69) is 15.4 Å². The van der Waals surface area contributed by atoms with Gasteiger partial charge in [-0.05, 0) is 48.7 Å². The Hall–Kier alpha value is -2.95. The Morgan fingerprint density at radius 3 is 2.66 bits per heavy atom. The first-order valence-corrected chi connectivity index (χ1v) is 11.0. The third-order valence-corrected chi connectivity index (χ3v) is 6.18. The number of anilines is 1. The van der Waals surface area contributed by atoms with Crippen LogP contribution >= 0.6 is 11.3 Å². The maximum Gasteiger partial charge on any atom is 0.261 e. The van der Waals surface area contributed by atoms with Crippen molar-refractivity contribution in [3.05, 3.63) is 70.8 Å². The highest BCUT2D eigenvalue weighted by atomic mass is 32.2. The van der Waals surface area contributed by atoms with E-state index in [9.17, 15) is 18.0 Å².